The lowest BCUT2D eigenvalue weighted by Crippen LogP contribution is -2.31. The van der Waals surface area contributed by atoms with E-state index in [2.05, 4.69) is 4.72 Å². The molecule has 0 saturated heterocycles. The number of nitrogens with zero attached hydrogens (tertiary/aromatic N) is 1. The van der Waals surface area contributed by atoms with E-state index >= 15 is 0 Å². The maximum atomic E-state index is 13.1. The summed E-state index contributed by atoms with van der Waals surface area (Å²) >= 11 is 0. The van der Waals surface area contributed by atoms with Crippen LogP contribution in [0.4, 0.5) is 0 Å². The molecule has 1 amide bonds. The van der Waals surface area contributed by atoms with Crippen molar-refractivity contribution >= 4 is 15.9 Å². The first-order chi connectivity index (χ1) is 12.3. The lowest BCUT2D eigenvalue weighted by Gasteiger charge is -2.23. The van der Waals surface area contributed by atoms with Gasteiger partial charge in [0.1, 0.15) is 0 Å². The van der Waals surface area contributed by atoms with Gasteiger partial charge in [-0.1, -0.05) is 37.3 Å². The Labute approximate surface area is 156 Å². The standard InChI is InChI=1S/C20H26N2O3S/c1-5-11-22(14-17-9-7-6-8-10-17)20(23)18-12-15(2)16(3)19(13-18)26(24,25)21-4/h6-10,12-13,21H,5,11,14H2,1-4H3. The molecule has 0 fully saturated rings. The average molecular weight is 375 g/mol. The van der Waals surface area contributed by atoms with Crippen LogP contribution in [-0.4, -0.2) is 32.8 Å². The van der Waals surface area contributed by atoms with Crippen LogP contribution in [0.25, 0.3) is 0 Å². The van der Waals surface area contributed by atoms with Gasteiger partial charge in [0.05, 0.1) is 4.90 Å². The van der Waals surface area contributed by atoms with Crippen LogP contribution >= 0.6 is 0 Å². The zero-order chi connectivity index (χ0) is 19.3. The molecule has 0 aromatic heterocycles. The minimum Gasteiger partial charge on any atom is -0.334 e. The van der Waals surface area contributed by atoms with Gasteiger partial charge in [0.2, 0.25) is 10.0 Å². The second-order valence-electron chi connectivity index (χ2n) is 6.34. The lowest BCUT2D eigenvalue weighted by atomic mass is 10.0. The molecular weight excluding hydrogens is 348 g/mol. The molecule has 0 atom stereocenters. The summed E-state index contributed by atoms with van der Waals surface area (Å²) in [6.45, 7) is 6.69. The third kappa shape index (κ3) is 4.51. The minimum atomic E-state index is -3.62. The zero-order valence-electron chi connectivity index (χ0n) is 15.7. The van der Waals surface area contributed by atoms with E-state index in [9.17, 15) is 13.2 Å². The van der Waals surface area contributed by atoms with Crippen molar-refractivity contribution in [2.75, 3.05) is 13.6 Å². The fraction of sp³-hybridized carbons (Fsp3) is 0.350. The van der Waals surface area contributed by atoms with Crippen molar-refractivity contribution in [2.24, 2.45) is 0 Å². The van der Waals surface area contributed by atoms with Crippen molar-refractivity contribution in [1.82, 2.24) is 9.62 Å². The van der Waals surface area contributed by atoms with Crippen LogP contribution < -0.4 is 4.72 Å². The summed E-state index contributed by atoms with van der Waals surface area (Å²) in [4.78, 5) is 15.0. The first kappa shape index (κ1) is 20.1. The predicted molar refractivity (Wildman–Crippen MR) is 104 cm³/mol. The van der Waals surface area contributed by atoms with E-state index in [-0.39, 0.29) is 10.8 Å². The quantitative estimate of drug-likeness (QED) is 0.809. The maximum absolute atomic E-state index is 13.1. The van der Waals surface area contributed by atoms with Crippen molar-refractivity contribution < 1.29 is 13.2 Å². The average Bonchev–Trinajstić information content (AvgIpc) is 2.63. The number of rotatable bonds is 7. The topological polar surface area (TPSA) is 66.5 Å². The molecular formula is C20H26N2O3S. The normalized spacial score (nSPS) is 11.4. The molecule has 0 aliphatic heterocycles. The lowest BCUT2D eigenvalue weighted by molar-refractivity contribution is 0.0743. The number of hydrogen-bond acceptors (Lipinski definition) is 3. The smallest absolute Gasteiger partial charge is 0.254 e. The summed E-state index contributed by atoms with van der Waals surface area (Å²) in [5.41, 5.74) is 2.87. The van der Waals surface area contributed by atoms with Crippen molar-refractivity contribution in [3.8, 4) is 0 Å². The summed E-state index contributed by atoms with van der Waals surface area (Å²) in [6, 6.07) is 13.0. The number of amides is 1. The van der Waals surface area contributed by atoms with E-state index in [0.717, 1.165) is 17.5 Å². The predicted octanol–water partition coefficient (Wildman–Crippen LogP) is 3.26. The van der Waals surface area contributed by atoms with Crippen molar-refractivity contribution in [2.45, 2.75) is 38.6 Å². The number of carbonyl (C=O) groups excluding carboxylic acids is 1. The van der Waals surface area contributed by atoms with E-state index in [0.29, 0.717) is 24.2 Å². The largest absolute Gasteiger partial charge is 0.334 e. The molecule has 26 heavy (non-hydrogen) atoms. The Kier molecular flexibility index (Phi) is 6.56. The van der Waals surface area contributed by atoms with E-state index < -0.39 is 10.0 Å². The Bertz CT molecular complexity index is 877. The molecule has 0 radical (unpaired) electrons. The Balaban J connectivity index is 2.42. The number of sulfonamides is 1. The third-order valence-electron chi connectivity index (χ3n) is 4.42. The van der Waals surface area contributed by atoms with Crippen LogP contribution in [0.1, 0.15) is 40.4 Å². The van der Waals surface area contributed by atoms with Gasteiger partial charge in [-0.05, 0) is 56.1 Å². The number of aryl methyl sites for hydroxylation is 1. The van der Waals surface area contributed by atoms with Gasteiger partial charge in [-0.3, -0.25) is 4.79 Å². The highest BCUT2D eigenvalue weighted by Gasteiger charge is 2.22. The summed E-state index contributed by atoms with van der Waals surface area (Å²) in [6.07, 6.45) is 0.824. The van der Waals surface area contributed by atoms with Gasteiger partial charge < -0.3 is 4.90 Å². The van der Waals surface area contributed by atoms with E-state index in [1.807, 2.05) is 44.2 Å². The molecule has 2 rings (SSSR count). The first-order valence-corrected chi connectivity index (χ1v) is 10.2. The van der Waals surface area contributed by atoms with Crippen molar-refractivity contribution in [1.29, 1.82) is 0 Å². The molecule has 0 heterocycles. The summed E-state index contributed by atoms with van der Waals surface area (Å²) < 4.78 is 26.9. The Morgan fingerprint density at radius 2 is 1.77 bits per heavy atom. The fourth-order valence-electron chi connectivity index (χ4n) is 2.85. The fourth-order valence-corrected chi connectivity index (χ4v) is 3.91. The highest BCUT2D eigenvalue weighted by atomic mass is 32.2. The number of carbonyl (C=O) groups is 1. The summed E-state index contributed by atoms with van der Waals surface area (Å²) in [5, 5.41) is 0. The molecule has 2 aromatic carbocycles. The third-order valence-corrected chi connectivity index (χ3v) is 5.96. The molecule has 5 nitrogen and oxygen atoms in total. The molecule has 0 saturated carbocycles. The Morgan fingerprint density at radius 1 is 1.12 bits per heavy atom. The maximum Gasteiger partial charge on any atom is 0.254 e. The first-order valence-electron chi connectivity index (χ1n) is 8.68. The van der Waals surface area contributed by atoms with Gasteiger partial charge in [-0.25, -0.2) is 13.1 Å². The second-order valence-corrected chi connectivity index (χ2v) is 8.19. The molecule has 2 aromatic rings. The molecule has 0 spiro atoms. The Hall–Kier alpha value is -2.18. The van der Waals surface area contributed by atoms with Crippen LogP contribution in [0.15, 0.2) is 47.4 Å². The minimum absolute atomic E-state index is 0.152. The molecule has 0 bridgehead atoms. The highest BCUT2D eigenvalue weighted by Crippen LogP contribution is 2.22. The van der Waals surface area contributed by atoms with Crippen LogP contribution in [0.3, 0.4) is 0 Å². The Morgan fingerprint density at radius 3 is 2.35 bits per heavy atom. The van der Waals surface area contributed by atoms with E-state index in [1.165, 1.54) is 13.1 Å². The number of hydrogen-bond donors (Lipinski definition) is 1. The molecule has 0 aliphatic carbocycles. The van der Waals surface area contributed by atoms with Gasteiger partial charge in [0.25, 0.3) is 5.91 Å². The van der Waals surface area contributed by atoms with E-state index in [4.69, 9.17) is 0 Å². The van der Waals surface area contributed by atoms with Crippen LogP contribution in [-0.2, 0) is 16.6 Å². The van der Waals surface area contributed by atoms with Gasteiger partial charge in [0.15, 0.2) is 0 Å². The molecule has 0 aliphatic rings. The van der Waals surface area contributed by atoms with Crippen molar-refractivity contribution in [3.05, 3.63) is 64.7 Å². The van der Waals surface area contributed by atoms with Crippen LogP contribution in [0.2, 0.25) is 0 Å². The molecule has 6 heteroatoms. The zero-order valence-corrected chi connectivity index (χ0v) is 16.6. The van der Waals surface area contributed by atoms with Crippen LogP contribution in [0, 0.1) is 13.8 Å². The van der Waals surface area contributed by atoms with Gasteiger partial charge in [-0.2, -0.15) is 0 Å². The van der Waals surface area contributed by atoms with E-state index in [1.54, 1.807) is 17.9 Å². The number of nitrogens with one attached hydrogen (secondary N) is 1. The van der Waals surface area contributed by atoms with Gasteiger partial charge in [0, 0.05) is 18.7 Å². The number of benzene rings is 2. The summed E-state index contributed by atoms with van der Waals surface area (Å²) in [5.74, 6) is -0.161. The second kappa shape index (κ2) is 8.47. The molecule has 140 valence electrons. The SMILES string of the molecule is CCCN(Cc1ccccc1)C(=O)c1cc(C)c(C)c(S(=O)(=O)NC)c1. The molecule has 1 N–H and O–H groups in total. The van der Waals surface area contributed by atoms with Crippen molar-refractivity contribution in [3.63, 3.8) is 0 Å². The van der Waals surface area contributed by atoms with Crippen LogP contribution in [0.5, 0.6) is 0 Å². The van der Waals surface area contributed by atoms with Gasteiger partial charge in [-0.15, -0.1) is 0 Å². The highest BCUT2D eigenvalue weighted by molar-refractivity contribution is 7.89. The summed E-state index contributed by atoms with van der Waals surface area (Å²) in [7, 11) is -2.25. The molecule has 0 unspecified atom stereocenters. The monoisotopic (exact) mass is 374 g/mol. The van der Waals surface area contributed by atoms with Gasteiger partial charge >= 0.3 is 0 Å².